The van der Waals surface area contributed by atoms with Crippen molar-refractivity contribution in [2.24, 2.45) is 7.05 Å². The molecule has 0 atom stereocenters. The van der Waals surface area contributed by atoms with Gasteiger partial charge in [0.2, 0.25) is 0 Å². The van der Waals surface area contributed by atoms with Crippen molar-refractivity contribution in [2.75, 3.05) is 10.6 Å². The van der Waals surface area contributed by atoms with Crippen LogP contribution in [0.2, 0.25) is 0 Å². The molecule has 0 spiro atoms. The van der Waals surface area contributed by atoms with Crippen LogP contribution in [0.5, 0.6) is 0 Å². The molecule has 1 heterocycles. The maximum atomic E-state index is 11.7. The first-order valence-corrected chi connectivity index (χ1v) is 7.56. The van der Waals surface area contributed by atoms with Crippen LogP contribution in [0, 0.1) is 6.92 Å². The largest absolute Gasteiger partial charge is 0.444 e. The minimum absolute atomic E-state index is 0.454. The first kappa shape index (κ1) is 16.9. The number of aromatic nitrogens is 2. The molecule has 2 N–H and O–H groups in total. The van der Waals surface area contributed by atoms with Crippen molar-refractivity contribution in [1.82, 2.24) is 9.78 Å². The SMILES string of the molecule is Cc1nn(C)cc1CNc1ccc(NC(=O)OC(C)(C)C)cc1. The Morgan fingerprint density at radius 2 is 1.83 bits per heavy atom. The molecule has 0 aliphatic rings. The number of nitrogens with zero attached hydrogens (tertiary/aromatic N) is 2. The molecule has 0 unspecified atom stereocenters. The lowest BCUT2D eigenvalue weighted by Crippen LogP contribution is -2.27. The van der Waals surface area contributed by atoms with Crippen LogP contribution in [-0.4, -0.2) is 21.5 Å². The molecule has 124 valence electrons. The van der Waals surface area contributed by atoms with E-state index in [0.29, 0.717) is 12.2 Å². The summed E-state index contributed by atoms with van der Waals surface area (Å²) in [7, 11) is 1.91. The highest BCUT2D eigenvalue weighted by Gasteiger charge is 2.16. The Hall–Kier alpha value is -2.50. The first-order valence-electron chi connectivity index (χ1n) is 7.56. The fourth-order valence-electron chi connectivity index (χ4n) is 2.11. The number of anilines is 2. The Bertz CT molecular complexity index is 669. The molecule has 0 radical (unpaired) electrons. The Labute approximate surface area is 136 Å². The molecule has 6 heteroatoms. The van der Waals surface area contributed by atoms with E-state index in [1.807, 2.05) is 65.2 Å². The maximum Gasteiger partial charge on any atom is 0.412 e. The quantitative estimate of drug-likeness (QED) is 0.902. The number of nitrogens with one attached hydrogen (secondary N) is 2. The first-order chi connectivity index (χ1) is 10.7. The van der Waals surface area contributed by atoms with Gasteiger partial charge in [-0.1, -0.05) is 0 Å². The van der Waals surface area contributed by atoms with Crippen molar-refractivity contribution in [1.29, 1.82) is 0 Å². The molecule has 1 aromatic carbocycles. The van der Waals surface area contributed by atoms with Crippen LogP contribution >= 0.6 is 0 Å². The predicted octanol–water partition coefficient (Wildman–Crippen LogP) is 3.69. The van der Waals surface area contributed by atoms with Gasteiger partial charge in [-0.25, -0.2) is 4.79 Å². The smallest absolute Gasteiger partial charge is 0.412 e. The number of hydrogen-bond donors (Lipinski definition) is 2. The second kappa shape index (κ2) is 6.73. The minimum Gasteiger partial charge on any atom is -0.444 e. The number of rotatable bonds is 4. The second-order valence-electron chi connectivity index (χ2n) is 6.47. The lowest BCUT2D eigenvalue weighted by Gasteiger charge is -2.19. The normalized spacial score (nSPS) is 11.2. The maximum absolute atomic E-state index is 11.7. The summed E-state index contributed by atoms with van der Waals surface area (Å²) in [5.74, 6) is 0. The zero-order chi connectivity index (χ0) is 17.0. The fourth-order valence-corrected chi connectivity index (χ4v) is 2.11. The third kappa shape index (κ3) is 5.32. The summed E-state index contributed by atoms with van der Waals surface area (Å²) in [5, 5.41) is 10.4. The van der Waals surface area contributed by atoms with Gasteiger partial charge in [0.05, 0.1) is 5.69 Å². The average molecular weight is 316 g/mol. The summed E-state index contributed by atoms with van der Waals surface area (Å²) in [4.78, 5) is 11.7. The van der Waals surface area contributed by atoms with Gasteiger partial charge in [0.1, 0.15) is 5.60 Å². The van der Waals surface area contributed by atoms with Crippen molar-refractivity contribution in [3.05, 3.63) is 41.7 Å². The van der Waals surface area contributed by atoms with Crippen LogP contribution in [0.25, 0.3) is 0 Å². The summed E-state index contributed by atoms with van der Waals surface area (Å²) in [6.07, 6.45) is 1.55. The van der Waals surface area contributed by atoms with Crippen LogP contribution in [0.15, 0.2) is 30.5 Å². The van der Waals surface area contributed by atoms with Gasteiger partial charge >= 0.3 is 6.09 Å². The van der Waals surface area contributed by atoms with E-state index in [-0.39, 0.29) is 0 Å². The number of hydrogen-bond acceptors (Lipinski definition) is 4. The summed E-state index contributed by atoms with van der Waals surface area (Å²) in [6, 6.07) is 7.50. The fraction of sp³-hybridized carbons (Fsp3) is 0.412. The summed E-state index contributed by atoms with van der Waals surface area (Å²) in [5.41, 5.74) is 3.34. The molecular weight excluding hydrogens is 292 g/mol. The predicted molar refractivity (Wildman–Crippen MR) is 91.6 cm³/mol. The average Bonchev–Trinajstić information content (AvgIpc) is 2.74. The highest BCUT2D eigenvalue weighted by atomic mass is 16.6. The summed E-state index contributed by atoms with van der Waals surface area (Å²) >= 11 is 0. The number of benzene rings is 1. The van der Waals surface area contributed by atoms with E-state index < -0.39 is 11.7 Å². The topological polar surface area (TPSA) is 68.2 Å². The van der Waals surface area contributed by atoms with Crippen LogP contribution in [0.3, 0.4) is 0 Å². The molecule has 0 bridgehead atoms. The number of carbonyl (C=O) groups is 1. The molecule has 0 saturated heterocycles. The number of amides is 1. The Balaban J connectivity index is 1.89. The van der Waals surface area contributed by atoms with Crippen molar-refractivity contribution in [3.8, 4) is 0 Å². The van der Waals surface area contributed by atoms with Crippen molar-refractivity contribution in [3.63, 3.8) is 0 Å². The van der Waals surface area contributed by atoms with Crippen molar-refractivity contribution < 1.29 is 9.53 Å². The standard InChI is InChI=1S/C17H24N4O2/c1-12-13(11-21(5)20-12)10-18-14-6-8-15(9-7-14)19-16(22)23-17(2,3)4/h6-9,11,18H,10H2,1-5H3,(H,19,22). The molecule has 0 aliphatic carbocycles. The molecule has 0 fully saturated rings. The van der Waals surface area contributed by atoms with E-state index in [9.17, 15) is 4.79 Å². The number of carbonyl (C=O) groups excluding carboxylic acids is 1. The lowest BCUT2D eigenvalue weighted by atomic mass is 10.2. The third-order valence-electron chi connectivity index (χ3n) is 3.13. The summed E-state index contributed by atoms with van der Waals surface area (Å²) in [6.45, 7) is 8.20. The molecule has 6 nitrogen and oxygen atoms in total. The van der Waals surface area contributed by atoms with Crippen LogP contribution in [-0.2, 0) is 18.3 Å². The van der Waals surface area contributed by atoms with Crippen molar-refractivity contribution in [2.45, 2.75) is 39.8 Å². The molecule has 23 heavy (non-hydrogen) atoms. The van der Waals surface area contributed by atoms with Gasteiger partial charge in [-0.2, -0.15) is 5.10 Å². The number of ether oxygens (including phenoxy) is 1. The third-order valence-corrected chi connectivity index (χ3v) is 3.13. The Morgan fingerprint density at radius 3 is 2.35 bits per heavy atom. The molecular formula is C17H24N4O2. The molecule has 0 saturated carbocycles. The monoisotopic (exact) mass is 316 g/mol. The highest BCUT2D eigenvalue weighted by Crippen LogP contribution is 2.16. The van der Waals surface area contributed by atoms with Crippen LogP contribution in [0.1, 0.15) is 32.0 Å². The van der Waals surface area contributed by atoms with Crippen LogP contribution in [0.4, 0.5) is 16.2 Å². The van der Waals surface area contributed by atoms with E-state index in [2.05, 4.69) is 15.7 Å². The van der Waals surface area contributed by atoms with E-state index in [1.54, 1.807) is 4.68 Å². The van der Waals surface area contributed by atoms with Gasteiger partial charge < -0.3 is 10.1 Å². The number of aryl methyl sites for hydroxylation is 2. The lowest BCUT2D eigenvalue weighted by molar-refractivity contribution is 0.0636. The second-order valence-corrected chi connectivity index (χ2v) is 6.47. The Morgan fingerprint density at radius 1 is 1.22 bits per heavy atom. The van der Waals surface area contributed by atoms with Gasteiger partial charge in [-0.05, 0) is 52.0 Å². The van der Waals surface area contributed by atoms with Gasteiger partial charge in [0, 0.05) is 36.7 Å². The van der Waals surface area contributed by atoms with Gasteiger partial charge in [0.15, 0.2) is 0 Å². The molecule has 1 aromatic heterocycles. The molecule has 1 amide bonds. The van der Waals surface area contributed by atoms with E-state index >= 15 is 0 Å². The van der Waals surface area contributed by atoms with Gasteiger partial charge in [-0.3, -0.25) is 10.00 Å². The van der Waals surface area contributed by atoms with Crippen molar-refractivity contribution >= 4 is 17.5 Å². The molecule has 2 rings (SSSR count). The molecule has 0 aliphatic heterocycles. The highest BCUT2D eigenvalue weighted by molar-refractivity contribution is 5.85. The molecule has 2 aromatic rings. The van der Waals surface area contributed by atoms with Gasteiger partial charge in [-0.15, -0.1) is 0 Å². The van der Waals surface area contributed by atoms with Crippen LogP contribution < -0.4 is 10.6 Å². The minimum atomic E-state index is -0.507. The van der Waals surface area contributed by atoms with E-state index in [1.165, 1.54) is 0 Å². The zero-order valence-corrected chi connectivity index (χ0v) is 14.3. The van der Waals surface area contributed by atoms with E-state index in [4.69, 9.17) is 4.74 Å². The summed E-state index contributed by atoms with van der Waals surface area (Å²) < 4.78 is 7.02. The van der Waals surface area contributed by atoms with E-state index in [0.717, 1.165) is 16.9 Å². The van der Waals surface area contributed by atoms with Gasteiger partial charge in [0.25, 0.3) is 0 Å². The zero-order valence-electron chi connectivity index (χ0n) is 14.3. The Kier molecular flexibility index (Phi) is 4.93.